The second-order valence-corrected chi connectivity index (χ2v) is 4.22. The first-order valence-corrected chi connectivity index (χ1v) is 6.86. The standard InChI is InChI=1S/C13H22F2N4O/c1-3-5-10-12(16-4-2)18-9-19-13(10)17-6-7-20-8-11(14)15/h9,11H,3-8H2,1-2H3,(H2,16,17,18,19). The van der Waals surface area contributed by atoms with Crippen LogP contribution in [0.3, 0.4) is 0 Å². The van der Waals surface area contributed by atoms with Crippen LogP contribution in [0.2, 0.25) is 0 Å². The van der Waals surface area contributed by atoms with Gasteiger partial charge in [-0.15, -0.1) is 0 Å². The molecule has 0 aliphatic rings. The zero-order chi connectivity index (χ0) is 14.8. The number of hydrogen-bond donors (Lipinski definition) is 2. The Labute approximate surface area is 118 Å². The van der Waals surface area contributed by atoms with Crippen LogP contribution in [0, 0.1) is 0 Å². The molecule has 0 aromatic carbocycles. The molecular weight excluding hydrogens is 266 g/mol. The van der Waals surface area contributed by atoms with E-state index in [9.17, 15) is 8.78 Å². The Balaban J connectivity index is 2.56. The third-order valence-electron chi connectivity index (χ3n) is 2.57. The van der Waals surface area contributed by atoms with Crippen LogP contribution in [0.15, 0.2) is 6.33 Å². The lowest BCUT2D eigenvalue weighted by Gasteiger charge is -2.14. The molecule has 1 rings (SSSR count). The predicted molar refractivity (Wildman–Crippen MR) is 75.5 cm³/mol. The van der Waals surface area contributed by atoms with Gasteiger partial charge in [-0.1, -0.05) is 13.3 Å². The van der Waals surface area contributed by atoms with Crippen LogP contribution in [0.5, 0.6) is 0 Å². The van der Waals surface area contributed by atoms with Gasteiger partial charge in [0, 0.05) is 18.7 Å². The van der Waals surface area contributed by atoms with Gasteiger partial charge in [-0.2, -0.15) is 0 Å². The molecule has 0 fully saturated rings. The molecule has 5 nitrogen and oxygen atoms in total. The highest BCUT2D eigenvalue weighted by atomic mass is 19.3. The lowest BCUT2D eigenvalue weighted by Crippen LogP contribution is -2.16. The minimum atomic E-state index is -2.43. The number of nitrogens with zero attached hydrogens (tertiary/aromatic N) is 2. The molecule has 1 aromatic rings. The second-order valence-electron chi connectivity index (χ2n) is 4.22. The summed E-state index contributed by atoms with van der Waals surface area (Å²) >= 11 is 0. The van der Waals surface area contributed by atoms with Crippen molar-refractivity contribution in [1.29, 1.82) is 0 Å². The zero-order valence-electron chi connectivity index (χ0n) is 12.0. The number of hydrogen-bond acceptors (Lipinski definition) is 5. The van der Waals surface area contributed by atoms with E-state index in [1.54, 1.807) is 0 Å². The van der Waals surface area contributed by atoms with Gasteiger partial charge < -0.3 is 15.4 Å². The molecule has 0 saturated carbocycles. The largest absolute Gasteiger partial charge is 0.374 e. The fraction of sp³-hybridized carbons (Fsp3) is 0.692. The SMILES string of the molecule is CCCc1c(NCC)ncnc1NCCOCC(F)F. The highest BCUT2D eigenvalue weighted by molar-refractivity contribution is 5.57. The number of halogens is 2. The summed E-state index contributed by atoms with van der Waals surface area (Å²) in [6.45, 7) is 4.99. The average molecular weight is 288 g/mol. The zero-order valence-corrected chi connectivity index (χ0v) is 12.0. The lowest BCUT2D eigenvalue weighted by atomic mass is 10.1. The van der Waals surface area contributed by atoms with Crippen molar-refractivity contribution in [2.75, 3.05) is 36.9 Å². The molecule has 0 aliphatic heterocycles. The Kier molecular flexibility index (Phi) is 7.79. The van der Waals surface area contributed by atoms with E-state index in [0.717, 1.165) is 36.6 Å². The quantitative estimate of drug-likeness (QED) is 0.648. The molecule has 0 saturated heterocycles. The number of aromatic nitrogens is 2. The summed E-state index contributed by atoms with van der Waals surface area (Å²) in [4.78, 5) is 8.43. The first-order chi connectivity index (χ1) is 9.69. The maximum Gasteiger partial charge on any atom is 0.261 e. The fourth-order valence-electron chi connectivity index (χ4n) is 1.79. The Hall–Kier alpha value is -1.50. The molecular formula is C13H22F2N4O. The number of ether oxygens (including phenoxy) is 1. The summed E-state index contributed by atoms with van der Waals surface area (Å²) in [5.74, 6) is 1.55. The van der Waals surface area contributed by atoms with Crippen LogP contribution in [-0.4, -0.2) is 42.7 Å². The lowest BCUT2D eigenvalue weighted by molar-refractivity contribution is 0.0214. The maximum atomic E-state index is 11.9. The summed E-state index contributed by atoms with van der Waals surface area (Å²) in [7, 11) is 0. The Morgan fingerprint density at radius 3 is 2.50 bits per heavy atom. The van der Waals surface area contributed by atoms with Crippen molar-refractivity contribution in [2.24, 2.45) is 0 Å². The molecule has 2 N–H and O–H groups in total. The molecule has 0 unspecified atom stereocenters. The van der Waals surface area contributed by atoms with Gasteiger partial charge in [0.05, 0.1) is 6.61 Å². The Morgan fingerprint density at radius 2 is 1.90 bits per heavy atom. The van der Waals surface area contributed by atoms with Crippen LogP contribution in [-0.2, 0) is 11.2 Å². The van der Waals surface area contributed by atoms with E-state index in [1.165, 1.54) is 6.33 Å². The van der Waals surface area contributed by atoms with Crippen LogP contribution in [0.1, 0.15) is 25.8 Å². The van der Waals surface area contributed by atoms with Crippen LogP contribution >= 0.6 is 0 Å². The summed E-state index contributed by atoms with van der Waals surface area (Å²) in [5, 5.41) is 6.31. The topological polar surface area (TPSA) is 59.1 Å². The monoisotopic (exact) mass is 288 g/mol. The first-order valence-electron chi connectivity index (χ1n) is 6.86. The van der Waals surface area contributed by atoms with Gasteiger partial charge in [-0.3, -0.25) is 0 Å². The molecule has 1 heterocycles. The number of nitrogens with one attached hydrogen (secondary N) is 2. The minimum Gasteiger partial charge on any atom is -0.374 e. The summed E-state index contributed by atoms with van der Waals surface area (Å²) in [6.07, 6.45) is 0.885. The van der Waals surface area contributed by atoms with Crippen molar-refractivity contribution < 1.29 is 13.5 Å². The number of alkyl halides is 2. The molecule has 114 valence electrons. The highest BCUT2D eigenvalue weighted by Gasteiger charge is 2.10. The van der Waals surface area contributed by atoms with Crippen LogP contribution < -0.4 is 10.6 Å². The normalized spacial score (nSPS) is 10.8. The van der Waals surface area contributed by atoms with E-state index in [-0.39, 0.29) is 6.61 Å². The third kappa shape index (κ3) is 5.64. The van der Waals surface area contributed by atoms with Gasteiger partial charge in [0.15, 0.2) is 0 Å². The highest BCUT2D eigenvalue weighted by Crippen LogP contribution is 2.21. The van der Waals surface area contributed by atoms with E-state index < -0.39 is 13.0 Å². The van der Waals surface area contributed by atoms with Gasteiger partial charge in [-0.05, 0) is 13.3 Å². The molecule has 0 aliphatic carbocycles. The molecule has 7 heteroatoms. The summed E-state index contributed by atoms with van der Waals surface area (Å²) in [5.41, 5.74) is 1.02. The first kappa shape index (κ1) is 16.6. The maximum absolute atomic E-state index is 11.9. The molecule has 0 amide bonds. The molecule has 20 heavy (non-hydrogen) atoms. The van der Waals surface area contributed by atoms with Crippen molar-refractivity contribution >= 4 is 11.6 Å². The molecule has 0 bridgehead atoms. The molecule has 1 aromatic heterocycles. The Morgan fingerprint density at radius 1 is 1.20 bits per heavy atom. The van der Waals surface area contributed by atoms with Crippen molar-refractivity contribution in [3.63, 3.8) is 0 Å². The van der Waals surface area contributed by atoms with Gasteiger partial charge in [0.2, 0.25) is 0 Å². The molecule has 0 radical (unpaired) electrons. The van der Waals surface area contributed by atoms with Crippen LogP contribution in [0.25, 0.3) is 0 Å². The van der Waals surface area contributed by atoms with Gasteiger partial charge in [-0.25, -0.2) is 18.7 Å². The van der Waals surface area contributed by atoms with E-state index in [1.807, 2.05) is 6.92 Å². The summed E-state index contributed by atoms with van der Waals surface area (Å²) < 4.78 is 28.6. The van der Waals surface area contributed by atoms with Crippen LogP contribution in [0.4, 0.5) is 20.4 Å². The molecule has 0 spiro atoms. The fourth-order valence-corrected chi connectivity index (χ4v) is 1.79. The Bertz CT molecular complexity index is 391. The summed E-state index contributed by atoms with van der Waals surface area (Å²) in [6, 6.07) is 0. The van der Waals surface area contributed by atoms with E-state index >= 15 is 0 Å². The van der Waals surface area contributed by atoms with Crippen molar-refractivity contribution in [3.8, 4) is 0 Å². The third-order valence-corrected chi connectivity index (χ3v) is 2.57. The van der Waals surface area contributed by atoms with E-state index in [0.29, 0.717) is 6.54 Å². The average Bonchev–Trinajstić information content (AvgIpc) is 2.41. The van der Waals surface area contributed by atoms with Crippen molar-refractivity contribution in [3.05, 3.63) is 11.9 Å². The predicted octanol–water partition coefficient (Wildman–Crippen LogP) is 2.55. The number of rotatable bonds is 10. The second kappa shape index (κ2) is 9.41. The molecule has 0 atom stereocenters. The van der Waals surface area contributed by atoms with E-state index in [4.69, 9.17) is 4.74 Å². The van der Waals surface area contributed by atoms with Gasteiger partial charge >= 0.3 is 0 Å². The van der Waals surface area contributed by atoms with Crippen molar-refractivity contribution in [2.45, 2.75) is 33.1 Å². The minimum absolute atomic E-state index is 0.219. The van der Waals surface area contributed by atoms with Gasteiger partial charge in [0.25, 0.3) is 6.43 Å². The van der Waals surface area contributed by atoms with Crippen molar-refractivity contribution in [1.82, 2.24) is 9.97 Å². The van der Waals surface area contributed by atoms with E-state index in [2.05, 4.69) is 27.5 Å². The number of anilines is 2. The smallest absolute Gasteiger partial charge is 0.261 e. The van der Waals surface area contributed by atoms with Gasteiger partial charge in [0.1, 0.15) is 24.6 Å².